The van der Waals surface area contributed by atoms with E-state index in [4.69, 9.17) is 0 Å². The van der Waals surface area contributed by atoms with Gasteiger partial charge in [0.25, 0.3) is 0 Å². The van der Waals surface area contributed by atoms with Gasteiger partial charge in [0.15, 0.2) is 0 Å². The van der Waals surface area contributed by atoms with Crippen molar-refractivity contribution in [3.8, 4) is 0 Å². The molecule has 0 amide bonds. The summed E-state index contributed by atoms with van der Waals surface area (Å²) < 4.78 is 15.6. The summed E-state index contributed by atoms with van der Waals surface area (Å²) in [6.45, 7) is 3.95. The number of rotatable bonds is 4. The zero-order valence-electron chi connectivity index (χ0n) is 12.3. The van der Waals surface area contributed by atoms with Crippen LogP contribution in [0.4, 0.5) is 10.1 Å². The fraction of sp³-hybridized carbons (Fsp3) is 0.400. The Morgan fingerprint density at radius 1 is 1.45 bits per heavy atom. The summed E-state index contributed by atoms with van der Waals surface area (Å²) in [4.78, 5) is 6.25. The highest BCUT2D eigenvalue weighted by molar-refractivity contribution is 5.56. The monoisotopic (exact) mass is 277 g/mol. The molecule has 2 aromatic rings. The maximum atomic E-state index is 13.7. The van der Waals surface area contributed by atoms with Crippen molar-refractivity contribution in [2.75, 3.05) is 11.9 Å². The number of aromatic nitrogens is 2. The first kappa shape index (κ1) is 14.5. The van der Waals surface area contributed by atoms with Crippen molar-refractivity contribution >= 4 is 5.69 Å². The van der Waals surface area contributed by atoms with Crippen LogP contribution in [0, 0.1) is 12.7 Å². The summed E-state index contributed by atoms with van der Waals surface area (Å²) in [5.41, 5.74) is 1.97. The molecule has 1 atom stereocenters. The molecule has 1 aromatic carbocycles. The van der Waals surface area contributed by atoms with Crippen LogP contribution in [0.15, 0.2) is 24.5 Å². The fourth-order valence-corrected chi connectivity index (χ4v) is 2.19. The number of benzene rings is 1. The third-order valence-corrected chi connectivity index (χ3v) is 3.47. The van der Waals surface area contributed by atoms with E-state index in [1.54, 1.807) is 26.1 Å². The largest absolute Gasteiger partial charge is 0.389 e. The zero-order valence-corrected chi connectivity index (χ0v) is 12.3. The van der Waals surface area contributed by atoms with E-state index in [1.807, 2.05) is 29.8 Å². The van der Waals surface area contributed by atoms with Crippen molar-refractivity contribution in [2.24, 2.45) is 7.05 Å². The Morgan fingerprint density at radius 3 is 2.70 bits per heavy atom. The second-order valence-electron chi connectivity index (χ2n) is 5.15. The molecule has 0 fully saturated rings. The summed E-state index contributed by atoms with van der Waals surface area (Å²) in [7, 11) is 3.84. The number of halogens is 1. The van der Waals surface area contributed by atoms with Gasteiger partial charge in [-0.05, 0) is 31.5 Å². The molecular formula is C15H20FN3O. The van der Waals surface area contributed by atoms with E-state index in [1.165, 1.54) is 6.07 Å². The van der Waals surface area contributed by atoms with Gasteiger partial charge in [-0.1, -0.05) is 0 Å². The SMILES string of the molecule is Cc1cc(N(C)Cc2nccn2C)c(C(C)O)cc1F. The van der Waals surface area contributed by atoms with Crippen LogP contribution in [0.25, 0.3) is 0 Å². The first-order valence-electron chi connectivity index (χ1n) is 6.55. The number of nitrogens with zero attached hydrogens (tertiary/aromatic N) is 3. The van der Waals surface area contributed by atoms with E-state index in [0.717, 1.165) is 11.5 Å². The quantitative estimate of drug-likeness (QED) is 0.934. The Bertz CT molecular complexity index is 607. The molecule has 2 rings (SSSR count). The molecule has 0 aliphatic rings. The van der Waals surface area contributed by atoms with Crippen molar-refractivity contribution < 1.29 is 9.50 Å². The number of hydrogen-bond acceptors (Lipinski definition) is 3. The Morgan fingerprint density at radius 2 is 2.15 bits per heavy atom. The maximum absolute atomic E-state index is 13.7. The van der Waals surface area contributed by atoms with Crippen LogP contribution >= 0.6 is 0 Å². The topological polar surface area (TPSA) is 41.3 Å². The Labute approximate surface area is 118 Å². The molecule has 0 saturated heterocycles. The number of aliphatic hydroxyl groups is 1. The van der Waals surface area contributed by atoms with Crippen LogP contribution in [0.5, 0.6) is 0 Å². The average molecular weight is 277 g/mol. The Balaban J connectivity index is 2.36. The highest BCUT2D eigenvalue weighted by Gasteiger charge is 2.16. The molecule has 1 N–H and O–H groups in total. The summed E-state index contributed by atoms with van der Waals surface area (Å²) >= 11 is 0. The standard InChI is InChI=1S/C15H20FN3O/c1-10-7-14(12(11(2)20)8-13(10)16)19(4)9-15-17-5-6-18(15)3/h5-8,11,20H,9H2,1-4H3. The fourth-order valence-electron chi connectivity index (χ4n) is 2.19. The first-order valence-corrected chi connectivity index (χ1v) is 6.55. The van der Waals surface area contributed by atoms with Crippen molar-refractivity contribution in [2.45, 2.75) is 26.5 Å². The highest BCUT2D eigenvalue weighted by Crippen LogP contribution is 2.29. The predicted octanol–water partition coefficient (Wildman–Crippen LogP) is 2.56. The van der Waals surface area contributed by atoms with Crippen LogP contribution in [-0.2, 0) is 13.6 Å². The number of hydrogen-bond donors (Lipinski definition) is 1. The van der Waals surface area contributed by atoms with Crippen molar-refractivity contribution in [1.82, 2.24) is 9.55 Å². The maximum Gasteiger partial charge on any atom is 0.127 e. The molecule has 108 valence electrons. The molecule has 0 aliphatic heterocycles. The molecular weight excluding hydrogens is 257 g/mol. The second kappa shape index (κ2) is 5.63. The van der Waals surface area contributed by atoms with E-state index in [0.29, 0.717) is 17.7 Å². The molecule has 5 heteroatoms. The lowest BCUT2D eigenvalue weighted by molar-refractivity contribution is 0.199. The predicted molar refractivity (Wildman–Crippen MR) is 77.1 cm³/mol. The first-order chi connectivity index (χ1) is 9.40. The lowest BCUT2D eigenvalue weighted by Gasteiger charge is -2.24. The smallest absolute Gasteiger partial charge is 0.127 e. The van der Waals surface area contributed by atoms with Crippen LogP contribution in [0.1, 0.15) is 30.0 Å². The zero-order chi connectivity index (χ0) is 14.9. The van der Waals surface area contributed by atoms with Crippen LogP contribution in [-0.4, -0.2) is 21.7 Å². The van der Waals surface area contributed by atoms with Gasteiger partial charge in [-0.2, -0.15) is 0 Å². The van der Waals surface area contributed by atoms with Crippen LogP contribution < -0.4 is 4.90 Å². The number of imidazole rings is 1. The van der Waals surface area contributed by atoms with Crippen LogP contribution in [0.2, 0.25) is 0 Å². The van der Waals surface area contributed by atoms with E-state index in [9.17, 15) is 9.50 Å². The summed E-state index contributed by atoms with van der Waals surface area (Å²) in [6.07, 6.45) is 2.91. The molecule has 1 heterocycles. The third kappa shape index (κ3) is 2.82. The Kier molecular flexibility index (Phi) is 4.09. The van der Waals surface area contributed by atoms with E-state index in [2.05, 4.69) is 4.98 Å². The van der Waals surface area contributed by atoms with E-state index in [-0.39, 0.29) is 5.82 Å². The number of anilines is 1. The van der Waals surface area contributed by atoms with Gasteiger partial charge in [0.1, 0.15) is 11.6 Å². The van der Waals surface area contributed by atoms with Crippen molar-refractivity contribution in [1.29, 1.82) is 0 Å². The van der Waals surface area contributed by atoms with Gasteiger partial charge in [-0.25, -0.2) is 9.37 Å². The number of aryl methyl sites for hydroxylation is 2. The summed E-state index contributed by atoms with van der Waals surface area (Å²) in [5.74, 6) is 0.612. The van der Waals surface area contributed by atoms with Crippen LogP contribution in [0.3, 0.4) is 0 Å². The molecule has 0 bridgehead atoms. The normalized spacial score (nSPS) is 12.5. The van der Waals surface area contributed by atoms with Gasteiger partial charge in [0.2, 0.25) is 0 Å². The minimum absolute atomic E-state index is 0.296. The molecule has 20 heavy (non-hydrogen) atoms. The minimum atomic E-state index is -0.719. The molecule has 0 saturated carbocycles. The van der Waals surface area contributed by atoms with Gasteiger partial charge in [0.05, 0.1) is 12.6 Å². The average Bonchev–Trinajstić information content (AvgIpc) is 2.77. The molecule has 0 aliphatic carbocycles. The summed E-state index contributed by atoms with van der Waals surface area (Å²) in [6, 6.07) is 3.17. The number of aliphatic hydroxyl groups excluding tert-OH is 1. The van der Waals surface area contributed by atoms with Gasteiger partial charge in [0, 0.05) is 37.7 Å². The lowest BCUT2D eigenvalue weighted by Crippen LogP contribution is -2.21. The van der Waals surface area contributed by atoms with Crippen molar-refractivity contribution in [3.63, 3.8) is 0 Å². The van der Waals surface area contributed by atoms with Gasteiger partial charge in [-0.3, -0.25) is 0 Å². The lowest BCUT2D eigenvalue weighted by atomic mass is 10.0. The Hall–Kier alpha value is -1.88. The highest BCUT2D eigenvalue weighted by atomic mass is 19.1. The second-order valence-corrected chi connectivity index (χ2v) is 5.15. The van der Waals surface area contributed by atoms with Gasteiger partial charge < -0.3 is 14.6 Å². The third-order valence-electron chi connectivity index (χ3n) is 3.47. The minimum Gasteiger partial charge on any atom is -0.389 e. The molecule has 1 unspecified atom stereocenters. The molecule has 1 aromatic heterocycles. The van der Waals surface area contributed by atoms with Gasteiger partial charge in [-0.15, -0.1) is 0 Å². The molecule has 0 spiro atoms. The van der Waals surface area contributed by atoms with E-state index >= 15 is 0 Å². The molecule has 4 nitrogen and oxygen atoms in total. The molecule has 0 radical (unpaired) electrons. The summed E-state index contributed by atoms with van der Waals surface area (Å²) in [5, 5.41) is 9.84. The van der Waals surface area contributed by atoms with E-state index < -0.39 is 6.10 Å². The van der Waals surface area contributed by atoms with Crippen molar-refractivity contribution in [3.05, 3.63) is 47.3 Å². The van der Waals surface area contributed by atoms with Gasteiger partial charge >= 0.3 is 0 Å².